The lowest BCUT2D eigenvalue weighted by Gasteiger charge is -2.41. The molecule has 1 N–H and O–H groups in total. The van der Waals surface area contributed by atoms with E-state index in [-0.39, 0.29) is 23.8 Å². The van der Waals surface area contributed by atoms with E-state index >= 15 is 0 Å². The highest BCUT2D eigenvalue weighted by atomic mass is 19.4. The Kier molecular flexibility index (Phi) is 6.17. The number of piperidine rings is 1. The number of hydrogen-bond donors (Lipinski definition) is 1. The standard InChI is InChI=1S/C24H28F3NO3/c1-16(2)30-21-10-9-19(31-24(25,26)27)13-20(21)18-14-23(29-15-18)11-6-12-28-22(23)17-7-4-3-5-8-17/h3-5,7-10,13,16,18,22,28H,6,11-12,14-15H2,1-2H3/t18-,22+,23-/m1/s1. The third kappa shape index (κ3) is 4.99. The Labute approximate surface area is 180 Å². The molecule has 2 aliphatic heterocycles. The monoisotopic (exact) mass is 435 g/mol. The van der Waals surface area contributed by atoms with Crippen molar-refractivity contribution in [2.24, 2.45) is 0 Å². The van der Waals surface area contributed by atoms with Crippen LogP contribution in [-0.2, 0) is 4.74 Å². The normalized spacial score (nSPS) is 26.4. The molecule has 0 radical (unpaired) electrons. The van der Waals surface area contributed by atoms with Crippen molar-refractivity contribution in [2.75, 3.05) is 13.2 Å². The summed E-state index contributed by atoms with van der Waals surface area (Å²) in [6.07, 6.45) is -2.25. The van der Waals surface area contributed by atoms with Crippen molar-refractivity contribution in [3.63, 3.8) is 0 Å². The second-order valence-corrected chi connectivity index (χ2v) is 8.59. The molecule has 2 heterocycles. The Hall–Kier alpha value is -2.25. The first-order chi connectivity index (χ1) is 14.8. The fourth-order valence-electron chi connectivity index (χ4n) is 4.81. The summed E-state index contributed by atoms with van der Waals surface area (Å²) < 4.78 is 54.9. The van der Waals surface area contributed by atoms with Gasteiger partial charge in [-0.05, 0) is 63.4 Å². The molecule has 2 saturated heterocycles. The highest BCUT2D eigenvalue weighted by molar-refractivity contribution is 5.44. The second kappa shape index (κ2) is 8.71. The fraction of sp³-hybridized carbons (Fsp3) is 0.500. The first-order valence-electron chi connectivity index (χ1n) is 10.7. The van der Waals surface area contributed by atoms with Gasteiger partial charge in [0.2, 0.25) is 0 Å². The molecule has 7 heteroatoms. The molecule has 2 aromatic carbocycles. The van der Waals surface area contributed by atoms with E-state index in [4.69, 9.17) is 9.47 Å². The molecule has 0 saturated carbocycles. The predicted molar refractivity (Wildman–Crippen MR) is 111 cm³/mol. The van der Waals surface area contributed by atoms with Crippen LogP contribution in [0.2, 0.25) is 0 Å². The van der Waals surface area contributed by atoms with Crippen LogP contribution < -0.4 is 14.8 Å². The highest BCUT2D eigenvalue weighted by Crippen LogP contribution is 2.50. The summed E-state index contributed by atoms with van der Waals surface area (Å²) in [6.45, 7) is 5.13. The summed E-state index contributed by atoms with van der Waals surface area (Å²) in [5, 5.41) is 3.60. The Morgan fingerprint density at radius 2 is 1.90 bits per heavy atom. The molecular weight excluding hydrogens is 407 g/mol. The average Bonchev–Trinajstić information content (AvgIpc) is 3.12. The van der Waals surface area contributed by atoms with Gasteiger partial charge in [0.1, 0.15) is 11.5 Å². The minimum atomic E-state index is -4.74. The van der Waals surface area contributed by atoms with Crippen molar-refractivity contribution in [2.45, 2.75) is 63.1 Å². The molecule has 0 aromatic heterocycles. The SMILES string of the molecule is CC(C)Oc1ccc(OC(F)(F)F)cc1[C@H]1CO[C@]2(CCCN[C@H]2c2ccccc2)C1. The topological polar surface area (TPSA) is 39.7 Å². The van der Waals surface area contributed by atoms with Crippen LogP contribution in [0.1, 0.15) is 56.2 Å². The Morgan fingerprint density at radius 1 is 1.13 bits per heavy atom. The van der Waals surface area contributed by atoms with Crippen molar-refractivity contribution in [3.8, 4) is 11.5 Å². The summed E-state index contributed by atoms with van der Waals surface area (Å²) in [6, 6.07) is 14.5. The number of ether oxygens (including phenoxy) is 3. The van der Waals surface area contributed by atoms with Gasteiger partial charge in [-0.15, -0.1) is 13.2 Å². The van der Waals surface area contributed by atoms with Gasteiger partial charge in [-0.3, -0.25) is 0 Å². The lowest BCUT2D eigenvalue weighted by molar-refractivity contribution is -0.274. The minimum Gasteiger partial charge on any atom is -0.491 e. The van der Waals surface area contributed by atoms with E-state index in [1.54, 1.807) is 6.07 Å². The van der Waals surface area contributed by atoms with Crippen LogP contribution in [0.15, 0.2) is 48.5 Å². The van der Waals surface area contributed by atoms with Crippen LogP contribution in [0.3, 0.4) is 0 Å². The maximum absolute atomic E-state index is 12.8. The van der Waals surface area contributed by atoms with Gasteiger partial charge < -0.3 is 19.5 Å². The molecule has 2 fully saturated rings. The summed E-state index contributed by atoms with van der Waals surface area (Å²) in [5.74, 6) is 0.257. The van der Waals surface area contributed by atoms with Gasteiger partial charge >= 0.3 is 6.36 Å². The molecule has 1 spiro atoms. The molecular formula is C24H28F3NO3. The minimum absolute atomic E-state index is 0.0384. The molecule has 0 bridgehead atoms. The van der Waals surface area contributed by atoms with E-state index in [9.17, 15) is 13.2 Å². The Morgan fingerprint density at radius 3 is 2.61 bits per heavy atom. The molecule has 31 heavy (non-hydrogen) atoms. The summed E-state index contributed by atoms with van der Waals surface area (Å²) in [4.78, 5) is 0. The average molecular weight is 435 g/mol. The van der Waals surface area contributed by atoms with Gasteiger partial charge in [-0.25, -0.2) is 0 Å². The Bertz CT molecular complexity index is 887. The van der Waals surface area contributed by atoms with Gasteiger partial charge in [0.25, 0.3) is 0 Å². The smallest absolute Gasteiger partial charge is 0.491 e. The van der Waals surface area contributed by atoms with Gasteiger partial charge in [-0.2, -0.15) is 0 Å². The number of halogens is 3. The van der Waals surface area contributed by atoms with Gasteiger partial charge in [0, 0.05) is 11.5 Å². The molecule has 2 aliphatic rings. The second-order valence-electron chi connectivity index (χ2n) is 8.59. The summed E-state index contributed by atoms with van der Waals surface area (Å²) in [7, 11) is 0. The van der Waals surface area contributed by atoms with E-state index in [1.807, 2.05) is 32.0 Å². The molecule has 3 atom stereocenters. The van der Waals surface area contributed by atoms with Crippen LogP contribution in [0.25, 0.3) is 0 Å². The number of rotatable bonds is 5. The van der Waals surface area contributed by atoms with Crippen molar-refractivity contribution < 1.29 is 27.4 Å². The third-order valence-corrected chi connectivity index (χ3v) is 5.97. The molecule has 0 unspecified atom stereocenters. The summed E-state index contributed by atoms with van der Waals surface area (Å²) in [5.41, 5.74) is 1.46. The van der Waals surface area contributed by atoms with E-state index in [2.05, 4.69) is 22.2 Å². The molecule has 2 aromatic rings. The van der Waals surface area contributed by atoms with E-state index < -0.39 is 12.0 Å². The lowest BCUT2D eigenvalue weighted by atomic mass is 9.77. The number of alkyl halides is 3. The van der Waals surface area contributed by atoms with E-state index in [0.29, 0.717) is 24.3 Å². The van der Waals surface area contributed by atoms with E-state index in [1.165, 1.54) is 12.1 Å². The first kappa shape index (κ1) is 22.0. The number of hydrogen-bond acceptors (Lipinski definition) is 4. The van der Waals surface area contributed by atoms with Crippen molar-refractivity contribution in [1.29, 1.82) is 0 Å². The van der Waals surface area contributed by atoms with Crippen LogP contribution >= 0.6 is 0 Å². The maximum Gasteiger partial charge on any atom is 0.573 e. The molecule has 0 amide bonds. The number of nitrogens with one attached hydrogen (secondary N) is 1. The quantitative estimate of drug-likeness (QED) is 0.650. The van der Waals surface area contributed by atoms with Gasteiger partial charge in [0.15, 0.2) is 0 Å². The number of benzene rings is 2. The predicted octanol–water partition coefficient (Wildman–Crippen LogP) is 5.74. The zero-order valence-electron chi connectivity index (χ0n) is 17.7. The molecule has 0 aliphatic carbocycles. The third-order valence-electron chi connectivity index (χ3n) is 5.97. The van der Waals surface area contributed by atoms with Crippen molar-refractivity contribution in [1.82, 2.24) is 5.32 Å². The summed E-state index contributed by atoms with van der Waals surface area (Å²) >= 11 is 0. The highest BCUT2D eigenvalue weighted by Gasteiger charge is 2.49. The van der Waals surface area contributed by atoms with Crippen molar-refractivity contribution in [3.05, 3.63) is 59.7 Å². The van der Waals surface area contributed by atoms with Crippen LogP contribution in [0, 0.1) is 0 Å². The molecule has 4 nitrogen and oxygen atoms in total. The van der Waals surface area contributed by atoms with Crippen LogP contribution in [0.4, 0.5) is 13.2 Å². The largest absolute Gasteiger partial charge is 0.573 e. The van der Waals surface area contributed by atoms with E-state index in [0.717, 1.165) is 24.9 Å². The van der Waals surface area contributed by atoms with Crippen LogP contribution in [-0.4, -0.2) is 31.2 Å². The zero-order chi connectivity index (χ0) is 22.1. The van der Waals surface area contributed by atoms with Crippen LogP contribution in [0.5, 0.6) is 11.5 Å². The van der Waals surface area contributed by atoms with Gasteiger partial charge in [0.05, 0.1) is 24.4 Å². The molecule has 168 valence electrons. The lowest BCUT2D eigenvalue weighted by Crippen LogP contribution is -2.48. The fourth-order valence-corrected chi connectivity index (χ4v) is 4.81. The maximum atomic E-state index is 12.8. The first-order valence-corrected chi connectivity index (χ1v) is 10.7. The van der Waals surface area contributed by atoms with Crippen molar-refractivity contribution >= 4 is 0 Å². The van der Waals surface area contributed by atoms with Gasteiger partial charge in [-0.1, -0.05) is 30.3 Å². The molecule has 4 rings (SSSR count). The zero-order valence-corrected chi connectivity index (χ0v) is 17.7. The Balaban J connectivity index is 1.64.